The molecule has 0 aliphatic heterocycles. The van der Waals surface area contributed by atoms with Crippen molar-refractivity contribution in [2.75, 3.05) is 0 Å². The van der Waals surface area contributed by atoms with Crippen LogP contribution in [-0.4, -0.2) is 8.85 Å². The van der Waals surface area contributed by atoms with E-state index in [1.807, 2.05) is 18.2 Å². The molecular formula is C12H10INO2. The molecule has 0 radical (unpaired) electrons. The summed E-state index contributed by atoms with van der Waals surface area (Å²) in [5.41, 5.74) is 3.49. The maximum atomic E-state index is 11.2. The lowest BCUT2D eigenvalue weighted by atomic mass is 9.86. The molecule has 0 aromatic rings. The van der Waals surface area contributed by atoms with Crippen molar-refractivity contribution in [2.24, 2.45) is 5.92 Å². The van der Waals surface area contributed by atoms with E-state index in [-0.39, 0.29) is 10.8 Å². The minimum atomic E-state index is -0.189. The molecule has 3 aliphatic rings. The molecule has 3 rings (SSSR count). The quantitative estimate of drug-likeness (QED) is 0.321. The van der Waals surface area contributed by atoms with Gasteiger partial charge in [-0.1, -0.05) is 40.8 Å². The molecule has 3 nitrogen and oxygen atoms in total. The highest BCUT2D eigenvalue weighted by Crippen LogP contribution is 2.47. The second-order valence-electron chi connectivity index (χ2n) is 4.28. The first-order chi connectivity index (χ1) is 7.68. The van der Waals surface area contributed by atoms with Gasteiger partial charge in [0.2, 0.25) is 0 Å². The number of nitro groups is 1. The maximum Gasteiger partial charge on any atom is 0.261 e. The molecule has 4 heteroatoms. The van der Waals surface area contributed by atoms with E-state index >= 15 is 0 Å². The molecule has 1 fully saturated rings. The Hall–Kier alpha value is -0.910. The summed E-state index contributed by atoms with van der Waals surface area (Å²) in [4.78, 5) is 11.0. The smallest absolute Gasteiger partial charge is 0.259 e. The summed E-state index contributed by atoms with van der Waals surface area (Å²) in [6.07, 6.45) is 9.84. The van der Waals surface area contributed by atoms with E-state index in [1.165, 1.54) is 5.57 Å². The maximum absolute atomic E-state index is 11.2. The van der Waals surface area contributed by atoms with Gasteiger partial charge in [0.1, 0.15) is 0 Å². The SMILES string of the molecule is O=[N+]([O-])C1=C2C=CC=C2C=C2C(I)CCC21. The van der Waals surface area contributed by atoms with Gasteiger partial charge in [-0.15, -0.1) is 0 Å². The van der Waals surface area contributed by atoms with Gasteiger partial charge in [-0.2, -0.15) is 0 Å². The molecule has 82 valence electrons. The Balaban J connectivity index is 2.17. The van der Waals surface area contributed by atoms with E-state index in [4.69, 9.17) is 0 Å². The zero-order valence-corrected chi connectivity index (χ0v) is 10.7. The summed E-state index contributed by atoms with van der Waals surface area (Å²) >= 11 is 2.39. The highest BCUT2D eigenvalue weighted by molar-refractivity contribution is 14.1. The van der Waals surface area contributed by atoms with Gasteiger partial charge in [0.15, 0.2) is 0 Å². The molecule has 0 bridgehead atoms. The molecule has 0 aromatic heterocycles. The van der Waals surface area contributed by atoms with Crippen molar-refractivity contribution < 1.29 is 4.92 Å². The molecular weight excluding hydrogens is 317 g/mol. The Morgan fingerprint density at radius 3 is 3.00 bits per heavy atom. The van der Waals surface area contributed by atoms with Crippen LogP contribution in [0.5, 0.6) is 0 Å². The van der Waals surface area contributed by atoms with E-state index in [0.29, 0.717) is 9.62 Å². The number of alkyl halides is 1. The van der Waals surface area contributed by atoms with Gasteiger partial charge >= 0.3 is 0 Å². The molecule has 0 spiro atoms. The standard InChI is InChI=1S/C12H10INO2/c13-11-5-4-9-10(11)6-7-2-1-3-8(7)12(9)14(15)16/h1-3,6,9,11H,4-5H2. The van der Waals surface area contributed by atoms with Crippen LogP contribution >= 0.6 is 22.6 Å². The minimum absolute atomic E-state index is 0.0480. The minimum Gasteiger partial charge on any atom is -0.259 e. The fourth-order valence-electron chi connectivity index (χ4n) is 2.74. The van der Waals surface area contributed by atoms with Crippen molar-refractivity contribution in [3.63, 3.8) is 0 Å². The molecule has 1 saturated carbocycles. The van der Waals surface area contributed by atoms with Crippen LogP contribution in [0.4, 0.5) is 0 Å². The van der Waals surface area contributed by atoms with Gasteiger partial charge in [-0.25, -0.2) is 0 Å². The van der Waals surface area contributed by atoms with Crippen LogP contribution in [0.1, 0.15) is 12.8 Å². The van der Waals surface area contributed by atoms with Crippen LogP contribution in [0, 0.1) is 16.0 Å². The lowest BCUT2D eigenvalue weighted by Crippen LogP contribution is -2.18. The summed E-state index contributed by atoms with van der Waals surface area (Å²) < 4.78 is 0.459. The third-order valence-electron chi connectivity index (χ3n) is 3.45. The number of fused-ring (bicyclic) bond motifs is 2. The molecule has 2 unspecified atom stereocenters. The summed E-state index contributed by atoms with van der Waals surface area (Å²) in [7, 11) is 0. The third kappa shape index (κ3) is 1.32. The highest BCUT2D eigenvalue weighted by Gasteiger charge is 2.42. The second kappa shape index (κ2) is 3.55. The van der Waals surface area contributed by atoms with E-state index < -0.39 is 0 Å². The van der Waals surface area contributed by atoms with Gasteiger partial charge in [-0.05, 0) is 30.1 Å². The summed E-state index contributed by atoms with van der Waals surface area (Å²) in [6.45, 7) is 0. The lowest BCUT2D eigenvalue weighted by molar-refractivity contribution is -0.433. The van der Waals surface area contributed by atoms with E-state index in [0.717, 1.165) is 24.0 Å². The lowest BCUT2D eigenvalue weighted by Gasteiger charge is -2.19. The topological polar surface area (TPSA) is 43.1 Å². The van der Waals surface area contributed by atoms with Crippen LogP contribution in [-0.2, 0) is 0 Å². The van der Waals surface area contributed by atoms with Crippen LogP contribution in [0.3, 0.4) is 0 Å². The second-order valence-corrected chi connectivity index (χ2v) is 5.78. The predicted octanol–water partition coefficient (Wildman–Crippen LogP) is 3.17. The Bertz CT molecular complexity index is 499. The third-order valence-corrected chi connectivity index (χ3v) is 4.79. The van der Waals surface area contributed by atoms with Gasteiger partial charge in [0, 0.05) is 3.92 Å². The number of allylic oxidation sites excluding steroid dienone is 7. The summed E-state index contributed by atoms with van der Waals surface area (Å²) in [5, 5.41) is 11.2. The normalized spacial score (nSPS) is 31.1. The number of rotatable bonds is 1. The van der Waals surface area contributed by atoms with Gasteiger partial charge in [-0.3, -0.25) is 10.1 Å². The fourth-order valence-corrected chi connectivity index (χ4v) is 3.71. The molecule has 0 N–H and O–H groups in total. The Morgan fingerprint density at radius 2 is 2.25 bits per heavy atom. The predicted molar refractivity (Wildman–Crippen MR) is 69.9 cm³/mol. The Labute approximate surface area is 107 Å². The zero-order valence-electron chi connectivity index (χ0n) is 8.52. The van der Waals surface area contributed by atoms with Crippen LogP contribution in [0.25, 0.3) is 0 Å². The first kappa shape index (κ1) is 10.3. The first-order valence-electron chi connectivity index (χ1n) is 5.31. The molecule has 2 atom stereocenters. The van der Waals surface area contributed by atoms with Crippen molar-refractivity contribution in [1.82, 2.24) is 0 Å². The Kier molecular flexibility index (Phi) is 2.27. The highest BCUT2D eigenvalue weighted by atomic mass is 127. The average molecular weight is 327 g/mol. The van der Waals surface area contributed by atoms with Crippen molar-refractivity contribution in [2.45, 2.75) is 16.8 Å². The average Bonchev–Trinajstić information content (AvgIpc) is 2.82. The number of nitrogens with zero attached hydrogens (tertiary/aromatic N) is 1. The van der Waals surface area contributed by atoms with E-state index in [1.54, 1.807) is 0 Å². The first-order valence-corrected chi connectivity index (χ1v) is 6.56. The van der Waals surface area contributed by atoms with Crippen LogP contribution in [0.15, 0.2) is 46.7 Å². The van der Waals surface area contributed by atoms with E-state index in [9.17, 15) is 10.1 Å². The molecule has 3 aliphatic carbocycles. The number of hydrogen-bond acceptors (Lipinski definition) is 2. The molecule has 0 aromatic carbocycles. The summed E-state index contributed by atoms with van der Waals surface area (Å²) in [5.74, 6) is 0.0480. The summed E-state index contributed by atoms with van der Waals surface area (Å²) in [6, 6.07) is 0. The molecule has 16 heavy (non-hydrogen) atoms. The van der Waals surface area contributed by atoms with Crippen LogP contribution < -0.4 is 0 Å². The Morgan fingerprint density at radius 1 is 1.44 bits per heavy atom. The number of halogens is 1. The fraction of sp³-hybridized carbons (Fsp3) is 0.333. The van der Waals surface area contributed by atoms with Gasteiger partial charge < -0.3 is 0 Å². The van der Waals surface area contributed by atoms with E-state index in [2.05, 4.69) is 28.7 Å². The van der Waals surface area contributed by atoms with Crippen LogP contribution in [0.2, 0.25) is 0 Å². The molecule has 0 saturated heterocycles. The largest absolute Gasteiger partial charge is 0.261 e. The van der Waals surface area contributed by atoms with Crippen molar-refractivity contribution in [3.05, 3.63) is 56.8 Å². The zero-order chi connectivity index (χ0) is 11.3. The van der Waals surface area contributed by atoms with Crippen molar-refractivity contribution in [3.8, 4) is 0 Å². The van der Waals surface area contributed by atoms with Crippen molar-refractivity contribution in [1.29, 1.82) is 0 Å². The monoisotopic (exact) mass is 327 g/mol. The van der Waals surface area contributed by atoms with Crippen molar-refractivity contribution >= 4 is 22.6 Å². The van der Waals surface area contributed by atoms with Gasteiger partial charge in [0.05, 0.1) is 16.4 Å². The molecule has 0 amide bonds. The number of hydrogen-bond donors (Lipinski definition) is 0. The van der Waals surface area contributed by atoms with Gasteiger partial charge in [0.25, 0.3) is 5.70 Å². The molecule has 0 heterocycles.